The van der Waals surface area contributed by atoms with Crippen LogP contribution < -0.4 is 5.32 Å². The molecule has 1 unspecified atom stereocenters. The first-order valence-electron chi connectivity index (χ1n) is 7.38. The topological polar surface area (TPSA) is 15.3 Å². The van der Waals surface area contributed by atoms with Crippen LogP contribution in [-0.4, -0.2) is 37.1 Å². The smallest absolute Gasteiger partial charge is 0.00952 e. The maximum Gasteiger partial charge on any atom is 0.00952 e. The van der Waals surface area contributed by atoms with Gasteiger partial charge >= 0.3 is 0 Å². The van der Waals surface area contributed by atoms with Gasteiger partial charge in [-0.1, -0.05) is 12.8 Å². The van der Waals surface area contributed by atoms with E-state index in [1.54, 1.807) is 0 Å². The van der Waals surface area contributed by atoms with Gasteiger partial charge < -0.3 is 10.2 Å². The van der Waals surface area contributed by atoms with Crippen molar-refractivity contribution in [1.82, 2.24) is 10.2 Å². The Kier molecular flexibility index (Phi) is 3.49. The molecule has 0 bridgehead atoms. The van der Waals surface area contributed by atoms with Gasteiger partial charge in [0.05, 0.1) is 0 Å². The van der Waals surface area contributed by atoms with E-state index in [-0.39, 0.29) is 0 Å². The Morgan fingerprint density at radius 2 is 1.56 bits per heavy atom. The van der Waals surface area contributed by atoms with Crippen molar-refractivity contribution in [1.29, 1.82) is 0 Å². The second kappa shape index (κ2) is 5.05. The maximum atomic E-state index is 3.52. The van der Waals surface area contributed by atoms with E-state index in [9.17, 15) is 0 Å². The molecule has 2 aliphatic heterocycles. The van der Waals surface area contributed by atoms with Crippen LogP contribution in [0.25, 0.3) is 0 Å². The van der Waals surface area contributed by atoms with Crippen LogP contribution in [0.1, 0.15) is 44.9 Å². The summed E-state index contributed by atoms with van der Waals surface area (Å²) in [6.45, 7) is 5.36. The van der Waals surface area contributed by atoms with Crippen LogP contribution in [0.15, 0.2) is 0 Å². The summed E-state index contributed by atoms with van der Waals surface area (Å²) in [7, 11) is 0. The molecule has 1 aliphatic carbocycles. The molecule has 1 saturated carbocycles. The largest absolute Gasteiger partial charge is 0.316 e. The molecule has 1 N–H and O–H groups in total. The first-order valence-corrected chi connectivity index (χ1v) is 7.38. The molecule has 2 heterocycles. The summed E-state index contributed by atoms with van der Waals surface area (Å²) in [6, 6.07) is 0.961. The van der Waals surface area contributed by atoms with Crippen LogP contribution in [0, 0.1) is 11.8 Å². The Hall–Kier alpha value is -0.0800. The Labute approximate surface area is 99.8 Å². The van der Waals surface area contributed by atoms with Crippen LogP contribution in [0.3, 0.4) is 0 Å². The molecule has 0 amide bonds. The second-order valence-corrected chi connectivity index (χ2v) is 6.06. The van der Waals surface area contributed by atoms with Crippen LogP contribution >= 0.6 is 0 Å². The number of rotatable bonds is 2. The summed E-state index contributed by atoms with van der Waals surface area (Å²) >= 11 is 0. The van der Waals surface area contributed by atoms with Gasteiger partial charge in [-0.05, 0) is 70.1 Å². The van der Waals surface area contributed by atoms with Crippen LogP contribution in [0.5, 0.6) is 0 Å². The summed E-state index contributed by atoms with van der Waals surface area (Å²) in [5.74, 6) is 2.04. The van der Waals surface area contributed by atoms with Crippen LogP contribution in [0.4, 0.5) is 0 Å². The molecule has 0 spiro atoms. The molecule has 0 aromatic heterocycles. The minimum atomic E-state index is 0.961. The minimum absolute atomic E-state index is 0.961. The Balaban J connectivity index is 1.47. The quantitative estimate of drug-likeness (QED) is 0.771. The molecule has 2 saturated heterocycles. The Bertz CT molecular complexity index is 185. The van der Waals surface area contributed by atoms with Gasteiger partial charge in [0.2, 0.25) is 0 Å². The minimum Gasteiger partial charge on any atom is -0.316 e. The zero-order valence-electron chi connectivity index (χ0n) is 10.5. The molecule has 0 radical (unpaired) electrons. The van der Waals surface area contributed by atoms with E-state index in [1.165, 1.54) is 71.1 Å². The van der Waals surface area contributed by atoms with Gasteiger partial charge in [0.1, 0.15) is 0 Å². The lowest BCUT2D eigenvalue weighted by molar-refractivity contribution is 0.113. The molecule has 0 aromatic carbocycles. The van der Waals surface area contributed by atoms with Crippen molar-refractivity contribution in [3.63, 3.8) is 0 Å². The maximum absolute atomic E-state index is 3.52. The zero-order chi connectivity index (χ0) is 10.8. The Morgan fingerprint density at radius 3 is 2.19 bits per heavy atom. The standard InChI is InChI=1S/C14H26N2/c1-2-4-14(3-1)16-9-6-12(7-10-16)13-5-8-15-11-13/h12-15H,1-11H2. The molecular formula is C14H26N2. The molecule has 1 atom stereocenters. The summed E-state index contributed by atoms with van der Waals surface area (Å²) in [4.78, 5) is 2.80. The van der Waals surface area contributed by atoms with Crippen molar-refractivity contribution >= 4 is 0 Å². The molecule has 16 heavy (non-hydrogen) atoms. The molecule has 92 valence electrons. The number of hydrogen-bond donors (Lipinski definition) is 1. The van der Waals surface area contributed by atoms with E-state index in [4.69, 9.17) is 0 Å². The number of piperidine rings is 1. The fourth-order valence-electron chi connectivity index (χ4n) is 4.10. The number of hydrogen-bond acceptors (Lipinski definition) is 2. The van der Waals surface area contributed by atoms with Gasteiger partial charge in [-0.3, -0.25) is 0 Å². The lowest BCUT2D eigenvalue weighted by atomic mass is 9.83. The predicted octanol–water partition coefficient (Wildman–Crippen LogP) is 2.25. The molecule has 3 rings (SSSR count). The summed E-state index contributed by atoms with van der Waals surface area (Å²) in [5.41, 5.74) is 0. The van der Waals surface area contributed by atoms with Crippen molar-refractivity contribution in [2.24, 2.45) is 11.8 Å². The van der Waals surface area contributed by atoms with E-state index in [2.05, 4.69) is 10.2 Å². The van der Waals surface area contributed by atoms with E-state index in [1.807, 2.05) is 0 Å². The van der Waals surface area contributed by atoms with Crippen LogP contribution in [-0.2, 0) is 0 Å². The Morgan fingerprint density at radius 1 is 0.812 bits per heavy atom. The summed E-state index contributed by atoms with van der Waals surface area (Å²) in [6.07, 6.45) is 10.3. The summed E-state index contributed by atoms with van der Waals surface area (Å²) < 4.78 is 0. The number of nitrogens with one attached hydrogen (secondary N) is 1. The van der Waals surface area contributed by atoms with Gasteiger partial charge in [-0.25, -0.2) is 0 Å². The fraction of sp³-hybridized carbons (Fsp3) is 1.00. The third-order valence-electron chi connectivity index (χ3n) is 5.18. The predicted molar refractivity (Wildman–Crippen MR) is 67.5 cm³/mol. The van der Waals surface area contributed by atoms with Crippen molar-refractivity contribution in [2.45, 2.75) is 51.0 Å². The van der Waals surface area contributed by atoms with Crippen molar-refractivity contribution in [3.05, 3.63) is 0 Å². The first-order chi connectivity index (χ1) is 7.93. The van der Waals surface area contributed by atoms with E-state index in [0.717, 1.165) is 17.9 Å². The van der Waals surface area contributed by atoms with Gasteiger partial charge in [-0.2, -0.15) is 0 Å². The van der Waals surface area contributed by atoms with Crippen LogP contribution in [0.2, 0.25) is 0 Å². The highest BCUT2D eigenvalue weighted by atomic mass is 15.2. The van der Waals surface area contributed by atoms with Gasteiger partial charge in [0.15, 0.2) is 0 Å². The normalized spacial score (nSPS) is 34.9. The molecule has 3 aliphatic rings. The van der Waals surface area contributed by atoms with Crippen molar-refractivity contribution in [3.8, 4) is 0 Å². The van der Waals surface area contributed by atoms with Gasteiger partial charge in [0.25, 0.3) is 0 Å². The lowest BCUT2D eigenvalue weighted by Gasteiger charge is -2.38. The average molecular weight is 222 g/mol. The number of likely N-dealkylation sites (tertiary alicyclic amines) is 1. The monoisotopic (exact) mass is 222 g/mol. The molecular weight excluding hydrogens is 196 g/mol. The molecule has 3 fully saturated rings. The van der Waals surface area contributed by atoms with E-state index >= 15 is 0 Å². The second-order valence-electron chi connectivity index (χ2n) is 6.06. The number of nitrogens with zero attached hydrogens (tertiary/aromatic N) is 1. The highest BCUT2D eigenvalue weighted by Gasteiger charge is 2.31. The molecule has 0 aromatic rings. The molecule has 2 heteroatoms. The van der Waals surface area contributed by atoms with E-state index < -0.39 is 0 Å². The third-order valence-corrected chi connectivity index (χ3v) is 5.18. The molecule has 2 nitrogen and oxygen atoms in total. The SMILES string of the molecule is C1CCC(N2CCC(C3CCNC3)CC2)C1. The highest BCUT2D eigenvalue weighted by Crippen LogP contribution is 2.32. The van der Waals surface area contributed by atoms with Gasteiger partial charge in [0, 0.05) is 6.04 Å². The third kappa shape index (κ3) is 2.28. The highest BCUT2D eigenvalue weighted by molar-refractivity contribution is 4.86. The van der Waals surface area contributed by atoms with E-state index in [0.29, 0.717) is 0 Å². The fourth-order valence-corrected chi connectivity index (χ4v) is 4.10. The van der Waals surface area contributed by atoms with Crippen molar-refractivity contribution < 1.29 is 0 Å². The van der Waals surface area contributed by atoms with Crippen molar-refractivity contribution in [2.75, 3.05) is 26.2 Å². The average Bonchev–Trinajstić information content (AvgIpc) is 3.03. The summed E-state index contributed by atoms with van der Waals surface area (Å²) in [5, 5.41) is 3.52. The lowest BCUT2D eigenvalue weighted by Crippen LogP contribution is -2.41. The first kappa shape index (κ1) is 11.0. The zero-order valence-corrected chi connectivity index (χ0v) is 10.5. The van der Waals surface area contributed by atoms with Gasteiger partial charge in [-0.15, -0.1) is 0 Å².